The SMILES string of the molecule is Nc1nc2c(N3CCCC3)nccn2n1. The zero-order valence-corrected chi connectivity index (χ0v) is 8.30. The van der Waals surface area contributed by atoms with E-state index in [4.69, 9.17) is 5.73 Å². The van der Waals surface area contributed by atoms with Crippen LogP contribution in [0.1, 0.15) is 12.8 Å². The summed E-state index contributed by atoms with van der Waals surface area (Å²) in [6, 6.07) is 0. The number of nitrogens with two attached hydrogens (primary N) is 1. The maximum Gasteiger partial charge on any atom is 0.240 e. The number of anilines is 2. The van der Waals surface area contributed by atoms with Gasteiger partial charge in [-0.15, -0.1) is 5.10 Å². The van der Waals surface area contributed by atoms with Gasteiger partial charge in [0.25, 0.3) is 0 Å². The van der Waals surface area contributed by atoms with Gasteiger partial charge >= 0.3 is 0 Å². The Labute approximate surface area is 86.7 Å². The minimum absolute atomic E-state index is 0.295. The van der Waals surface area contributed by atoms with Crippen LogP contribution in [0.5, 0.6) is 0 Å². The van der Waals surface area contributed by atoms with Gasteiger partial charge in [-0.05, 0) is 12.8 Å². The third-order valence-corrected chi connectivity index (χ3v) is 2.66. The predicted molar refractivity (Wildman–Crippen MR) is 56.6 cm³/mol. The van der Waals surface area contributed by atoms with Crippen molar-refractivity contribution in [1.29, 1.82) is 0 Å². The predicted octanol–water partition coefficient (Wildman–Crippen LogP) is 0.307. The standard InChI is InChI=1S/C9H12N6/c10-9-12-8-7(14-4-1-2-5-14)11-3-6-15(8)13-9/h3,6H,1-2,4-5H2,(H2,10,13). The van der Waals surface area contributed by atoms with Crippen molar-refractivity contribution in [2.75, 3.05) is 23.7 Å². The Balaban J connectivity index is 2.16. The fourth-order valence-corrected chi connectivity index (χ4v) is 1.97. The number of aromatic nitrogens is 4. The van der Waals surface area contributed by atoms with Crippen molar-refractivity contribution in [1.82, 2.24) is 19.6 Å². The summed E-state index contributed by atoms with van der Waals surface area (Å²) in [6.45, 7) is 2.08. The van der Waals surface area contributed by atoms with E-state index in [2.05, 4.69) is 20.0 Å². The molecule has 15 heavy (non-hydrogen) atoms. The molecule has 2 aromatic heterocycles. The molecule has 0 radical (unpaired) electrons. The topological polar surface area (TPSA) is 72.3 Å². The molecule has 3 rings (SSSR count). The van der Waals surface area contributed by atoms with Gasteiger partial charge in [0.1, 0.15) is 0 Å². The highest BCUT2D eigenvalue weighted by Crippen LogP contribution is 2.21. The third kappa shape index (κ3) is 1.29. The van der Waals surface area contributed by atoms with Crippen LogP contribution in [-0.4, -0.2) is 32.7 Å². The second kappa shape index (κ2) is 3.08. The number of nitrogens with zero attached hydrogens (tertiary/aromatic N) is 5. The highest BCUT2D eigenvalue weighted by molar-refractivity contribution is 5.65. The van der Waals surface area contributed by atoms with E-state index in [-0.39, 0.29) is 0 Å². The molecule has 1 aliphatic heterocycles. The monoisotopic (exact) mass is 204 g/mol. The van der Waals surface area contributed by atoms with Gasteiger partial charge in [0.2, 0.25) is 5.95 Å². The summed E-state index contributed by atoms with van der Waals surface area (Å²) in [5.74, 6) is 1.18. The second-order valence-electron chi connectivity index (χ2n) is 3.68. The first-order valence-electron chi connectivity index (χ1n) is 5.06. The lowest BCUT2D eigenvalue weighted by atomic mass is 10.4. The Morgan fingerprint density at radius 1 is 1.27 bits per heavy atom. The first-order valence-corrected chi connectivity index (χ1v) is 5.06. The molecule has 0 bridgehead atoms. The first-order chi connectivity index (χ1) is 7.34. The second-order valence-corrected chi connectivity index (χ2v) is 3.68. The van der Waals surface area contributed by atoms with Gasteiger partial charge in [-0.25, -0.2) is 9.50 Å². The summed E-state index contributed by atoms with van der Waals surface area (Å²) in [6.07, 6.45) is 5.92. The van der Waals surface area contributed by atoms with Crippen molar-refractivity contribution >= 4 is 17.4 Å². The number of hydrogen-bond donors (Lipinski definition) is 1. The minimum Gasteiger partial charge on any atom is -0.366 e. The largest absolute Gasteiger partial charge is 0.366 e. The Morgan fingerprint density at radius 3 is 2.87 bits per heavy atom. The molecule has 78 valence electrons. The Morgan fingerprint density at radius 2 is 2.07 bits per heavy atom. The van der Waals surface area contributed by atoms with Crippen LogP contribution in [0.2, 0.25) is 0 Å². The number of hydrogen-bond acceptors (Lipinski definition) is 5. The van der Waals surface area contributed by atoms with Crippen molar-refractivity contribution in [2.24, 2.45) is 0 Å². The molecule has 3 heterocycles. The Bertz CT molecular complexity index is 484. The van der Waals surface area contributed by atoms with E-state index in [1.54, 1.807) is 16.9 Å². The average Bonchev–Trinajstić information content (AvgIpc) is 2.82. The van der Waals surface area contributed by atoms with Crippen LogP contribution in [0, 0.1) is 0 Å². The van der Waals surface area contributed by atoms with Gasteiger partial charge in [0.15, 0.2) is 11.5 Å². The van der Waals surface area contributed by atoms with Crippen LogP contribution in [-0.2, 0) is 0 Å². The molecule has 0 aromatic carbocycles. The van der Waals surface area contributed by atoms with E-state index < -0.39 is 0 Å². The molecule has 2 N–H and O–H groups in total. The van der Waals surface area contributed by atoms with Gasteiger partial charge in [0, 0.05) is 25.5 Å². The van der Waals surface area contributed by atoms with Crippen molar-refractivity contribution < 1.29 is 0 Å². The minimum atomic E-state index is 0.295. The molecule has 2 aromatic rings. The molecule has 1 saturated heterocycles. The molecule has 0 aliphatic carbocycles. The molecule has 6 heteroatoms. The van der Waals surface area contributed by atoms with E-state index in [0.717, 1.165) is 24.6 Å². The van der Waals surface area contributed by atoms with Gasteiger partial charge in [-0.2, -0.15) is 4.98 Å². The number of nitrogen functional groups attached to an aromatic ring is 1. The number of rotatable bonds is 1. The summed E-state index contributed by atoms with van der Waals surface area (Å²) >= 11 is 0. The van der Waals surface area contributed by atoms with Gasteiger partial charge < -0.3 is 10.6 Å². The normalized spacial score (nSPS) is 16.4. The molecule has 0 atom stereocenters. The summed E-state index contributed by atoms with van der Waals surface area (Å²) in [4.78, 5) is 10.8. The molecule has 0 amide bonds. The van der Waals surface area contributed by atoms with E-state index in [1.165, 1.54) is 12.8 Å². The quantitative estimate of drug-likeness (QED) is 0.723. The highest BCUT2D eigenvalue weighted by atomic mass is 15.4. The van der Waals surface area contributed by atoms with Gasteiger partial charge in [0.05, 0.1) is 0 Å². The fourth-order valence-electron chi connectivity index (χ4n) is 1.97. The summed E-state index contributed by atoms with van der Waals surface area (Å²) in [7, 11) is 0. The molecular weight excluding hydrogens is 192 g/mol. The van der Waals surface area contributed by atoms with E-state index in [1.807, 2.05) is 0 Å². The zero-order chi connectivity index (χ0) is 10.3. The van der Waals surface area contributed by atoms with Gasteiger partial charge in [-0.3, -0.25) is 0 Å². The van der Waals surface area contributed by atoms with Crippen molar-refractivity contribution in [2.45, 2.75) is 12.8 Å². The molecule has 0 unspecified atom stereocenters. The lowest BCUT2D eigenvalue weighted by molar-refractivity contribution is 0.899. The molecule has 6 nitrogen and oxygen atoms in total. The van der Waals surface area contributed by atoms with E-state index in [0.29, 0.717) is 5.95 Å². The maximum atomic E-state index is 5.57. The molecular formula is C9H12N6. The molecule has 1 fully saturated rings. The van der Waals surface area contributed by atoms with Crippen LogP contribution in [0.15, 0.2) is 12.4 Å². The highest BCUT2D eigenvalue weighted by Gasteiger charge is 2.17. The maximum absolute atomic E-state index is 5.57. The lowest BCUT2D eigenvalue weighted by Crippen LogP contribution is -2.20. The third-order valence-electron chi connectivity index (χ3n) is 2.66. The van der Waals surface area contributed by atoms with Crippen molar-refractivity contribution in [3.63, 3.8) is 0 Å². The molecule has 1 aliphatic rings. The molecule has 0 saturated carbocycles. The van der Waals surface area contributed by atoms with Crippen LogP contribution in [0.3, 0.4) is 0 Å². The van der Waals surface area contributed by atoms with Crippen LogP contribution >= 0.6 is 0 Å². The zero-order valence-electron chi connectivity index (χ0n) is 8.30. The summed E-state index contributed by atoms with van der Waals surface area (Å²) in [5.41, 5.74) is 6.32. The van der Waals surface area contributed by atoms with Crippen LogP contribution in [0.25, 0.3) is 5.65 Å². The smallest absolute Gasteiger partial charge is 0.240 e. The van der Waals surface area contributed by atoms with Crippen LogP contribution < -0.4 is 10.6 Å². The Kier molecular flexibility index (Phi) is 1.74. The lowest BCUT2D eigenvalue weighted by Gasteiger charge is -2.15. The number of fused-ring (bicyclic) bond motifs is 1. The fraction of sp³-hybridized carbons (Fsp3) is 0.444. The van der Waals surface area contributed by atoms with E-state index >= 15 is 0 Å². The molecule has 0 spiro atoms. The van der Waals surface area contributed by atoms with Crippen LogP contribution in [0.4, 0.5) is 11.8 Å². The summed E-state index contributed by atoms with van der Waals surface area (Å²) in [5, 5.41) is 4.06. The first kappa shape index (κ1) is 8.46. The van der Waals surface area contributed by atoms with E-state index in [9.17, 15) is 0 Å². The van der Waals surface area contributed by atoms with Crippen molar-refractivity contribution in [3.05, 3.63) is 12.4 Å². The average molecular weight is 204 g/mol. The Hall–Kier alpha value is -1.85. The summed E-state index contributed by atoms with van der Waals surface area (Å²) < 4.78 is 1.68. The van der Waals surface area contributed by atoms with Crippen molar-refractivity contribution in [3.8, 4) is 0 Å². The van der Waals surface area contributed by atoms with Gasteiger partial charge in [-0.1, -0.05) is 0 Å².